The van der Waals surface area contributed by atoms with Gasteiger partial charge in [-0.15, -0.1) is 0 Å². The minimum absolute atomic E-state index is 1.43. The van der Waals surface area contributed by atoms with Crippen LogP contribution in [0.1, 0.15) is 0 Å². The van der Waals surface area contributed by atoms with Gasteiger partial charge in [-0.3, -0.25) is 0 Å². The van der Waals surface area contributed by atoms with Crippen LogP contribution in [0.25, 0.3) is 11.1 Å². The van der Waals surface area contributed by atoms with Gasteiger partial charge >= 0.3 is 19.4 Å². The largest absolute Gasteiger partial charge is 0.392 e. The number of fused-ring (bicyclic) bond motifs is 1. The van der Waals surface area contributed by atoms with E-state index in [4.69, 9.17) is 0 Å². The van der Waals surface area contributed by atoms with Crippen LogP contribution in [0.2, 0.25) is 0 Å². The first-order chi connectivity index (χ1) is 6.67. The van der Waals surface area contributed by atoms with Gasteiger partial charge in [-0.05, 0) is 17.2 Å². The molecule has 2 aliphatic carbocycles. The van der Waals surface area contributed by atoms with Gasteiger partial charge in [-0.1, -0.05) is 18.2 Å². The molecule has 0 spiro atoms. The molecule has 0 unspecified atom stereocenters. The van der Waals surface area contributed by atoms with E-state index in [1.807, 2.05) is 0 Å². The first-order valence-corrected chi connectivity index (χ1v) is 3.78. The summed E-state index contributed by atoms with van der Waals surface area (Å²) in [5, 5.41) is 0. The van der Waals surface area contributed by atoms with Gasteiger partial charge in [0.2, 0.25) is 0 Å². The van der Waals surface area contributed by atoms with Crippen LogP contribution in [0, 0.1) is 0 Å². The molecule has 1 radical (unpaired) electrons. The molecule has 0 nitrogen and oxygen atoms in total. The lowest BCUT2D eigenvalue weighted by Gasteiger charge is -2.06. The highest BCUT2D eigenvalue weighted by atomic mass is 19.4. The van der Waals surface area contributed by atoms with Crippen LogP contribution in [0.3, 0.4) is 0 Å². The van der Waals surface area contributed by atoms with Crippen molar-refractivity contribution in [3.63, 3.8) is 0 Å². The number of hydrogen-bond donors (Lipinski definition) is 0. The Hall–Kier alpha value is -1.14. The zero-order valence-corrected chi connectivity index (χ0v) is 7.15. The van der Waals surface area contributed by atoms with Crippen molar-refractivity contribution >= 4 is 7.28 Å². The maximum Gasteiger partial charge on any atom is 0.392 e. The lowest BCUT2D eigenvalue weighted by Crippen LogP contribution is -2.32. The van der Waals surface area contributed by atoms with E-state index in [0.29, 0.717) is 0 Å². The topological polar surface area (TPSA) is 0 Å². The molecule has 0 atom stereocenters. The SMILES string of the molecule is FC(F)(F)[B]C(F)(F)F.c1cc2cc-2c1. The molecule has 0 saturated heterocycles. The summed E-state index contributed by atoms with van der Waals surface area (Å²) in [7, 11) is -1.62. The Kier molecular flexibility index (Phi) is 3.01. The van der Waals surface area contributed by atoms with Crippen molar-refractivity contribution in [2.75, 3.05) is 0 Å². The van der Waals surface area contributed by atoms with Gasteiger partial charge in [0.15, 0.2) is 0 Å². The highest BCUT2D eigenvalue weighted by Crippen LogP contribution is 2.32. The second-order valence-electron chi connectivity index (χ2n) is 2.81. The van der Waals surface area contributed by atoms with E-state index in [9.17, 15) is 26.3 Å². The molecule has 2 rings (SSSR count). The summed E-state index contributed by atoms with van der Waals surface area (Å²) in [6.45, 7) is 0. The summed E-state index contributed by atoms with van der Waals surface area (Å²) in [4.78, 5) is 0. The molecule has 0 heterocycles. The van der Waals surface area contributed by atoms with Crippen molar-refractivity contribution in [1.29, 1.82) is 0 Å². The first kappa shape index (κ1) is 11.9. The number of rotatable bonds is 0. The third-order valence-electron chi connectivity index (χ3n) is 1.44. The fourth-order valence-electron chi connectivity index (χ4n) is 0.861. The predicted molar refractivity (Wildman–Crippen MR) is 43.3 cm³/mol. The van der Waals surface area contributed by atoms with E-state index in [2.05, 4.69) is 24.3 Å². The van der Waals surface area contributed by atoms with Crippen LogP contribution in [0.4, 0.5) is 26.3 Å². The van der Waals surface area contributed by atoms with Crippen LogP contribution in [0.15, 0.2) is 24.3 Å². The number of halogens is 6. The zero-order chi connectivity index (χ0) is 11.7. The maximum absolute atomic E-state index is 10.8. The Morgan fingerprint density at radius 3 is 1.27 bits per heavy atom. The molecule has 0 saturated carbocycles. The Labute approximate surface area is 82.1 Å². The molecule has 0 aromatic carbocycles. The molecule has 81 valence electrons. The molecule has 0 aliphatic heterocycles. The van der Waals surface area contributed by atoms with Crippen molar-refractivity contribution in [3.05, 3.63) is 24.3 Å². The zero-order valence-electron chi connectivity index (χ0n) is 7.15. The van der Waals surface area contributed by atoms with Crippen molar-refractivity contribution in [2.45, 2.75) is 12.2 Å². The second-order valence-corrected chi connectivity index (χ2v) is 2.81. The average molecular weight is 225 g/mol. The van der Waals surface area contributed by atoms with Crippen LogP contribution >= 0.6 is 0 Å². The highest BCUT2D eigenvalue weighted by Gasteiger charge is 2.46. The van der Waals surface area contributed by atoms with Gasteiger partial charge in [0.05, 0.1) is 0 Å². The third kappa shape index (κ3) is 5.34. The van der Waals surface area contributed by atoms with Gasteiger partial charge in [-0.25, -0.2) is 0 Å². The lowest BCUT2D eigenvalue weighted by atomic mass is 9.77. The van der Waals surface area contributed by atoms with Crippen LogP contribution in [-0.2, 0) is 0 Å². The standard InChI is InChI=1S/C6H4.C2BF6/c1-2-5-4-6(5)3-1;4-1(5,6)3-2(7,8)9/h1-4H;. The Morgan fingerprint density at radius 1 is 0.800 bits per heavy atom. The minimum atomic E-state index is -5.27. The summed E-state index contributed by atoms with van der Waals surface area (Å²) in [6.07, 6.45) is -10.5. The van der Waals surface area contributed by atoms with Crippen molar-refractivity contribution in [3.8, 4) is 11.1 Å². The molecule has 0 amide bonds. The van der Waals surface area contributed by atoms with Gasteiger partial charge in [0.1, 0.15) is 0 Å². The summed E-state index contributed by atoms with van der Waals surface area (Å²) in [5.74, 6) is 0. The van der Waals surface area contributed by atoms with Crippen molar-refractivity contribution < 1.29 is 26.3 Å². The Balaban J connectivity index is 0.000000158. The number of hydrogen-bond acceptors (Lipinski definition) is 0. The molecule has 0 aromatic rings. The van der Waals surface area contributed by atoms with Gasteiger partial charge in [0.25, 0.3) is 0 Å². The van der Waals surface area contributed by atoms with Gasteiger partial charge in [0, 0.05) is 0 Å². The summed E-state index contributed by atoms with van der Waals surface area (Å²) in [5.41, 5.74) is 2.85. The molecule has 15 heavy (non-hydrogen) atoms. The Morgan fingerprint density at radius 2 is 1.20 bits per heavy atom. The minimum Gasteiger partial charge on any atom is -0.182 e. The van der Waals surface area contributed by atoms with E-state index in [1.165, 1.54) is 11.1 Å². The monoisotopic (exact) mass is 225 g/mol. The number of benzene rings is 1. The van der Waals surface area contributed by atoms with E-state index < -0.39 is 19.4 Å². The third-order valence-corrected chi connectivity index (χ3v) is 1.44. The average Bonchev–Trinajstić information content (AvgIpc) is 2.53. The molecule has 0 fully saturated rings. The molecular weight excluding hydrogens is 221 g/mol. The number of alkyl halides is 6. The molecule has 7 heteroatoms. The van der Waals surface area contributed by atoms with Crippen LogP contribution in [0.5, 0.6) is 0 Å². The fraction of sp³-hybridized carbons (Fsp3) is 0.250. The molecule has 0 aromatic heterocycles. The van der Waals surface area contributed by atoms with Gasteiger partial charge in [-0.2, -0.15) is 26.3 Å². The normalized spacial score (nSPS) is 12.7. The van der Waals surface area contributed by atoms with Crippen molar-refractivity contribution in [1.82, 2.24) is 0 Å². The molecule has 2 aliphatic rings. The smallest absolute Gasteiger partial charge is 0.182 e. The predicted octanol–water partition coefficient (Wildman–Crippen LogP) is 3.40. The van der Waals surface area contributed by atoms with Gasteiger partial charge < -0.3 is 0 Å². The Bertz CT molecular complexity index is 310. The lowest BCUT2D eigenvalue weighted by molar-refractivity contribution is -0.0955. The van der Waals surface area contributed by atoms with E-state index in [0.717, 1.165) is 0 Å². The first-order valence-electron chi connectivity index (χ1n) is 3.78. The van der Waals surface area contributed by atoms with Crippen molar-refractivity contribution in [2.24, 2.45) is 0 Å². The second kappa shape index (κ2) is 3.79. The molecule has 0 bridgehead atoms. The molecule has 0 N–H and O–H groups in total. The van der Waals surface area contributed by atoms with Crippen LogP contribution < -0.4 is 0 Å². The maximum atomic E-state index is 10.8. The highest BCUT2D eigenvalue weighted by molar-refractivity contribution is 6.40. The van der Waals surface area contributed by atoms with E-state index in [1.54, 1.807) is 0 Å². The fourth-order valence-corrected chi connectivity index (χ4v) is 0.861. The summed E-state index contributed by atoms with van der Waals surface area (Å²) >= 11 is 0. The van der Waals surface area contributed by atoms with E-state index in [-0.39, 0.29) is 0 Å². The quantitative estimate of drug-likeness (QED) is 0.476. The van der Waals surface area contributed by atoms with E-state index >= 15 is 0 Å². The molecular formula is C8H4BF6. The van der Waals surface area contributed by atoms with Crippen LogP contribution in [-0.4, -0.2) is 19.4 Å². The summed E-state index contributed by atoms with van der Waals surface area (Å²) < 4.78 is 64.7. The summed E-state index contributed by atoms with van der Waals surface area (Å²) in [6, 6.07) is 8.48.